The second-order valence-electron chi connectivity index (χ2n) is 5.69. The fourth-order valence-corrected chi connectivity index (χ4v) is 3.40. The van der Waals surface area contributed by atoms with Crippen molar-refractivity contribution in [3.05, 3.63) is 34.1 Å². The number of hydrogen-bond acceptors (Lipinski definition) is 3. The first-order valence-electron chi connectivity index (χ1n) is 7.00. The minimum atomic E-state index is -0.182. The standard InChI is InChI=1S/C15H23BrFN3/c1-18-14(15-10-19(2)4-5-20(15)3)8-11-6-12(16)9-13(17)7-11/h6-7,9,14-15,18H,4-5,8,10H2,1-3H3. The lowest BCUT2D eigenvalue weighted by Gasteiger charge is -2.42. The molecule has 0 spiro atoms. The Balaban J connectivity index is 2.11. The third-order valence-corrected chi connectivity index (χ3v) is 4.57. The zero-order chi connectivity index (χ0) is 14.7. The molecule has 0 saturated carbocycles. The summed E-state index contributed by atoms with van der Waals surface area (Å²) in [5.74, 6) is -0.182. The molecule has 1 fully saturated rings. The van der Waals surface area contributed by atoms with Crippen LogP contribution >= 0.6 is 15.9 Å². The minimum Gasteiger partial charge on any atom is -0.315 e. The van der Waals surface area contributed by atoms with Crippen LogP contribution in [0.3, 0.4) is 0 Å². The van der Waals surface area contributed by atoms with Crippen LogP contribution in [0.5, 0.6) is 0 Å². The van der Waals surface area contributed by atoms with Gasteiger partial charge >= 0.3 is 0 Å². The SMILES string of the molecule is CNC(Cc1cc(F)cc(Br)c1)C1CN(C)CCN1C. The second-order valence-corrected chi connectivity index (χ2v) is 6.60. The second kappa shape index (κ2) is 6.98. The number of rotatable bonds is 4. The maximum absolute atomic E-state index is 13.5. The Bertz CT molecular complexity index is 434. The van der Waals surface area contributed by atoms with Gasteiger partial charge in [0.25, 0.3) is 0 Å². The molecule has 20 heavy (non-hydrogen) atoms. The van der Waals surface area contributed by atoms with Crippen molar-refractivity contribution in [1.29, 1.82) is 0 Å². The molecule has 1 N–H and O–H groups in total. The van der Waals surface area contributed by atoms with E-state index in [1.54, 1.807) is 6.07 Å². The maximum Gasteiger partial charge on any atom is 0.124 e. The number of halogens is 2. The highest BCUT2D eigenvalue weighted by Crippen LogP contribution is 2.19. The van der Waals surface area contributed by atoms with Crippen molar-refractivity contribution < 1.29 is 4.39 Å². The van der Waals surface area contributed by atoms with Crippen LogP contribution in [-0.4, -0.2) is 62.7 Å². The van der Waals surface area contributed by atoms with Gasteiger partial charge in [-0.05, 0) is 51.3 Å². The minimum absolute atomic E-state index is 0.182. The Hall–Kier alpha value is -0.490. The van der Waals surface area contributed by atoms with Gasteiger partial charge in [-0.25, -0.2) is 4.39 Å². The lowest BCUT2D eigenvalue weighted by atomic mass is 9.96. The number of nitrogens with zero attached hydrogens (tertiary/aromatic N) is 2. The highest BCUT2D eigenvalue weighted by molar-refractivity contribution is 9.10. The summed E-state index contributed by atoms with van der Waals surface area (Å²) in [6.45, 7) is 3.22. The van der Waals surface area contributed by atoms with Crippen LogP contribution in [0.4, 0.5) is 4.39 Å². The van der Waals surface area contributed by atoms with E-state index < -0.39 is 0 Å². The predicted molar refractivity (Wildman–Crippen MR) is 84.6 cm³/mol. The third kappa shape index (κ3) is 4.01. The van der Waals surface area contributed by atoms with Crippen molar-refractivity contribution in [3.8, 4) is 0 Å². The molecule has 1 aromatic rings. The van der Waals surface area contributed by atoms with Gasteiger partial charge in [-0.2, -0.15) is 0 Å². The van der Waals surface area contributed by atoms with E-state index in [9.17, 15) is 4.39 Å². The molecule has 2 atom stereocenters. The van der Waals surface area contributed by atoms with E-state index in [0.717, 1.165) is 36.1 Å². The number of nitrogens with one attached hydrogen (secondary N) is 1. The molecule has 2 unspecified atom stereocenters. The van der Waals surface area contributed by atoms with Gasteiger partial charge in [-0.1, -0.05) is 15.9 Å². The van der Waals surface area contributed by atoms with Gasteiger partial charge in [0.1, 0.15) is 5.82 Å². The monoisotopic (exact) mass is 343 g/mol. The summed E-state index contributed by atoms with van der Waals surface area (Å²) in [6.07, 6.45) is 0.829. The molecular weight excluding hydrogens is 321 g/mol. The van der Waals surface area contributed by atoms with Gasteiger partial charge < -0.3 is 10.2 Å². The molecule has 0 radical (unpaired) electrons. The predicted octanol–water partition coefficient (Wildman–Crippen LogP) is 1.96. The van der Waals surface area contributed by atoms with E-state index in [2.05, 4.69) is 45.1 Å². The number of likely N-dealkylation sites (N-methyl/N-ethyl adjacent to an activating group) is 3. The maximum atomic E-state index is 13.5. The lowest BCUT2D eigenvalue weighted by Crippen LogP contribution is -2.58. The van der Waals surface area contributed by atoms with E-state index in [0.29, 0.717) is 12.1 Å². The Morgan fingerprint density at radius 1 is 1.35 bits per heavy atom. The van der Waals surface area contributed by atoms with Crippen molar-refractivity contribution >= 4 is 15.9 Å². The molecule has 2 rings (SSSR count). The van der Waals surface area contributed by atoms with Crippen LogP contribution in [0.1, 0.15) is 5.56 Å². The van der Waals surface area contributed by atoms with Crippen molar-refractivity contribution in [2.75, 3.05) is 40.8 Å². The molecule has 1 aliphatic heterocycles. The lowest BCUT2D eigenvalue weighted by molar-refractivity contribution is 0.0897. The van der Waals surface area contributed by atoms with Gasteiger partial charge in [0, 0.05) is 36.2 Å². The molecule has 0 aliphatic carbocycles. The molecule has 0 amide bonds. The molecule has 1 saturated heterocycles. The van der Waals surface area contributed by atoms with Gasteiger partial charge in [-0.3, -0.25) is 4.90 Å². The highest BCUT2D eigenvalue weighted by Gasteiger charge is 2.29. The average molecular weight is 344 g/mol. The van der Waals surface area contributed by atoms with Crippen LogP contribution in [0, 0.1) is 5.82 Å². The van der Waals surface area contributed by atoms with Gasteiger partial charge in [-0.15, -0.1) is 0 Å². The van der Waals surface area contributed by atoms with Gasteiger partial charge in [0.15, 0.2) is 0 Å². The number of benzene rings is 1. The fraction of sp³-hybridized carbons (Fsp3) is 0.600. The first-order chi connectivity index (χ1) is 9.49. The highest BCUT2D eigenvalue weighted by atomic mass is 79.9. The zero-order valence-electron chi connectivity index (χ0n) is 12.4. The number of piperazine rings is 1. The molecular formula is C15H23BrFN3. The van der Waals surface area contributed by atoms with Crippen LogP contribution in [0.25, 0.3) is 0 Å². The largest absolute Gasteiger partial charge is 0.315 e. The van der Waals surface area contributed by atoms with Crippen LogP contribution in [-0.2, 0) is 6.42 Å². The summed E-state index contributed by atoms with van der Waals surface area (Å²) in [6, 6.07) is 5.89. The molecule has 1 aromatic carbocycles. The first-order valence-corrected chi connectivity index (χ1v) is 7.80. The topological polar surface area (TPSA) is 18.5 Å². The summed E-state index contributed by atoms with van der Waals surface area (Å²) >= 11 is 3.36. The Morgan fingerprint density at radius 3 is 2.75 bits per heavy atom. The smallest absolute Gasteiger partial charge is 0.124 e. The summed E-state index contributed by atoms with van der Waals surface area (Å²) in [7, 11) is 6.32. The van der Waals surface area contributed by atoms with Crippen LogP contribution < -0.4 is 5.32 Å². The van der Waals surface area contributed by atoms with Crippen molar-refractivity contribution in [3.63, 3.8) is 0 Å². The van der Waals surface area contributed by atoms with E-state index >= 15 is 0 Å². The summed E-state index contributed by atoms with van der Waals surface area (Å²) < 4.78 is 14.3. The molecule has 0 bridgehead atoms. The van der Waals surface area contributed by atoms with Crippen LogP contribution in [0.15, 0.2) is 22.7 Å². The average Bonchev–Trinajstić information content (AvgIpc) is 2.38. The molecule has 5 heteroatoms. The van der Waals surface area contributed by atoms with Crippen LogP contribution in [0.2, 0.25) is 0 Å². The van der Waals surface area contributed by atoms with E-state index in [1.165, 1.54) is 6.07 Å². The quantitative estimate of drug-likeness (QED) is 0.901. The molecule has 1 aliphatic rings. The normalized spacial score (nSPS) is 22.9. The Morgan fingerprint density at radius 2 is 2.10 bits per heavy atom. The summed E-state index contributed by atoms with van der Waals surface area (Å²) in [5, 5.41) is 3.40. The summed E-state index contributed by atoms with van der Waals surface area (Å²) in [5.41, 5.74) is 1.03. The van der Waals surface area contributed by atoms with E-state index in [4.69, 9.17) is 0 Å². The molecule has 112 valence electrons. The van der Waals surface area contributed by atoms with Crippen molar-refractivity contribution in [1.82, 2.24) is 15.1 Å². The van der Waals surface area contributed by atoms with E-state index in [1.807, 2.05) is 13.1 Å². The van der Waals surface area contributed by atoms with Crippen molar-refractivity contribution in [2.45, 2.75) is 18.5 Å². The van der Waals surface area contributed by atoms with Crippen molar-refractivity contribution in [2.24, 2.45) is 0 Å². The molecule has 3 nitrogen and oxygen atoms in total. The summed E-state index contributed by atoms with van der Waals surface area (Å²) in [4.78, 5) is 4.76. The zero-order valence-corrected chi connectivity index (χ0v) is 14.0. The Labute approximate surface area is 129 Å². The molecule has 0 aromatic heterocycles. The first kappa shape index (κ1) is 15.9. The van der Waals surface area contributed by atoms with Gasteiger partial charge in [0.2, 0.25) is 0 Å². The van der Waals surface area contributed by atoms with E-state index in [-0.39, 0.29) is 5.82 Å². The Kier molecular flexibility index (Phi) is 5.55. The third-order valence-electron chi connectivity index (χ3n) is 4.11. The molecule has 1 heterocycles. The van der Waals surface area contributed by atoms with Gasteiger partial charge in [0.05, 0.1) is 0 Å². The number of hydrogen-bond donors (Lipinski definition) is 1. The fourth-order valence-electron chi connectivity index (χ4n) is 2.89.